The maximum absolute atomic E-state index is 11.4. The van der Waals surface area contributed by atoms with Crippen LogP contribution in [0.25, 0.3) is 0 Å². The molecule has 0 bridgehead atoms. The number of carbonyl (C=O) groups is 2. The number of hydrogen-bond donors (Lipinski definition) is 3. The van der Waals surface area contributed by atoms with Gasteiger partial charge in [0.1, 0.15) is 0 Å². The summed E-state index contributed by atoms with van der Waals surface area (Å²) < 4.78 is 0. The van der Waals surface area contributed by atoms with Gasteiger partial charge in [-0.25, -0.2) is 4.79 Å². The van der Waals surface area contributed by atoms with E-state index in [-0.39, 0.29) is 23.9 Å². The predicted molar refractivity (Wildman–Crippen MR) is 49.4 cm³/mol. The summed E-state index contributed by atoms with van der Waals surface area (Å²) in [5.74, 6) is -0.621. The fourth-order valence-corrected chi connectivity index (χ4v) is 2.06. The van der Waals surface area contributed by atoms with Crippen molar-refractivity contribution in [2.24, 2.45) is 11.7 Å². The summed E-state index contributed by atoms with van der Waals surface area (Å²) in [7, 11) is 0. The van der Waals surface area contributed by atoms with E-state index in [0.29, 0.717) is 19.6 Å². The summed E-state index contributed by atoms with van der Waals surface area (Å²) >= 11 is 0. The molecule has 2 aliphatic heterocycles. The van der Waals surface area contributed by atoms with E-state index in [1.54, 1.807) is 4.90 Å². The first-order chi connectivity index (χ1) is 6.70. The molecule has 78 valence electrons. The molecule has 2 atom stereocenters. The Bertz CT molecular complexity index is 266. The van der Waals surface area contributed by atoms with Crippen molar-refractivity contribution in [1.29, 1.82) is 0 Å². The highest BCUT2D eigenvalue weighted by molar-refractivity contribution is 5.83. The first kappa shape index (κ1) is 9.26. The summed E-state index contributed by atoms with van der Waals surface area (Å²) in [6, 6.07) is -0.163. The van der Waals surface area contributed by atoms with Crippen LogP contribution in [-0.2, 0) is 4.79 Å². The van der Waals surface area contributed by atoms with E-state index < -0.39 is 0 Å². The van der Waals surface area contributed by atoms with Crippen molar-refractivity contribution in [2.75, 3.05) is 26.2 Å². The molecule has 6 heteroatoms. The zero-order chi connectivity index (χ0) is 10.1. The molecule has 14 heavy (non-hydrogen) atoms. The van der Waals surface area contributed by atoms with Gasteiger partial charge in [-0.2, -0.15) is 0 Å². The van der Waals surface area contributed by atoms with Crippen LogP contribution in [-0.4, -0.2) is 49.1 Å². The van der Waals surface area contributed by atoms with E-state index in [2.05, 4.69) is 10.6 Å². The highest BCUT2D eigenvalue weighted by atomic mass is 16.2. The smallest absolute Gasteiger partial charge is 0.317 e. The van der Waals surface area contributed by atoms with Gasteiger partial charge in [0.25, 0.3) is 0 Å². The number of primary amides is 1. The lowest BCUT2D eigenvalue weighted by Crippen LogP contribution is -2.66. The Labute approximate surface area is 81.8 Å². The Balaban J connectivity index is 2.16. The number of carbonyl (C=O) groups excluding carboxylic acids is 2. The molecule has 2 unspecified atom stereocenters. The van der Waals surface area contributed by atoms with Gasteiger partial charge < -0.3 is 21.3 Å². The van der Waals surface area contributed by atoms with E-state index in [9.17, 15) is 9.59 Å². The van der Waals surface area contributed by atoms with Crippen LogP contribution < -0.4 is 16.4 Å². The molecule has 0 spiro atoms. The van der Waals surface area contributed by atoms with E-state index in [1.165, 1.54) is 0 Å². The summed E-state index contributed by atoms with van der Waals surface area (Å²) in [5, 5.41) is 5.83. The topological polar surface area (TPSA) is 87.5 Å². The van der Waals surface area contributed by atoms with Crippen molar-refractivity contribution >= 4 is 11.9 Å². The van der Waals surface area contributed by atoms with Crippen LogP contribution in [0.3, 0.4) is 0 Å². The molecule has 2 saturated heterocycles. The molecule has 0 radical (unpaired) electrons. The second-order valence-electron chi connectivity index (χ2n) is 3.66. The van der Waals surface area contributed by atoms with E-state index in [0.717, 1.165) is 6.54 Å². The molecule has 0 aromatic rings. The minimum absolute atomic E-state index is 0.0741. The molecule has 2 heterocycles. The number of rotatable bonds is 1. The number of nitrogens with two attached hydrogens (primary N) is 1. The maximum atomic E-state index is 11.4. The average molecular weight is 198 g/mol. The molecule has 0 aromatic carbocycles. The highest BCUT2D eigenvalue weighted by Gasteiger charge is 2.39. The van der Waals surface area contributed by atoms with E-state index in [1.807, 2.05) is 0 Å². The fourth-order valence-electron chi connectivity index (χ4n) is 2.06. The van der Waals surface area contributed by atoms with Gasteiger partial charge in [-0.1, -0.05) is 0 Å². The van der Waals surface area contributed by atoms with Gasteiger partial charge in [0.2, 0.25) is 5.91 Å². The maximum Gasteiger partial charge on any atom is 0.317 e. The Morgan fingerprint density at radius 2 is 2.29 bits per heavy atom. The van der Waals surface area contributed by atoms with Gasteiger partial charge in [-0.3, -0.25) is 4.79 Å². The van der Waals surface area contributed by atoms with Crippen LogP contribution in [0.1, 0.15) is 0 Å². The standard InChI is InChI=1S/C8H14N4O2/c9-7(13)5-3-11-8(14)12-2-1-10-4-6(5)12/h5-6,10H,1-4H2,(H2,9,13)(H,11,14). The van der Waals surface area contributed by atoms with Crippen molar-refractivity contribution in [1.82, 2.24) is 15.5 Å². The van der Waals surface area contributed by atoms with E-state index in [4.69, 9.17) is 5.73 Å². The second-order valence-corrected chi connectivity index (χ2v) is 3.66. The number of nitrogens with zero attached hydrogens (tertiary/aromatic N) is 1. The molecule has 2 fully saturated rings. The number of hydrogen-bond acceptors (Lipinski definition) is 3. The predicted octanol–water partition coefficient (Wildman–Crippen LogP) is -1.92. The van der Waals surface area contributed by atoms with Crippen LogP contribution in [0.2, 0.25) is 0 Å². The number of fused-ring (bicyclic) bond motifs is 1. The first-order valence-electron chi connectivity index (χ1n) is 4.74. The van der Waals surface area contributed by atoms with Gasteiger partial charge in [0.05, 0.1) is 12.0 Å². The largest absolute Gasteiger partial charge is 0.369 e. The van der Waals surface area contributed by atoms with Gasteiger partial charge in [-0.15, -0.1) is 0 Å². The average Bonchev–Trinajstić information content (AvgIpc) is 2.18. The van der Waals surface area contributed by atoms with Crippen LogP contribution in [0.5, 0.6) is 0 Å². The fraction of sp³-hybridized carbons (Fsp3) is 0.750. The Hall–Kier alpha value is -1.30. The lowest BCUT2D eigenvalue weighted by atomic mass is 9.94. The molecule has 0 aromatic heterocycles. The minimum atomic E-state index is -0.344. The molecule has 2 rings (SSSR count). The summed E-state index contributed by atoms with van der Waals surface area (Å²) in [5.41, 5.74) is 5.27. The third-order valence-corrected chi connectivity index (χ3v) is 2.85. The van der Waals surface area contributed by atoms with Crippen molar-refractivity contribution in [3.63, 3.8) is 0 Å². The van der Waals surface area contributed by atoms with Crippen molar-refractivity contribution in [2.45, 2.75) is 6.04 Å². The third-order valence-electron chi connectivity index (χ3n) is 2.85. The van der Waals surface area contributed by atoms with Gasteiger partial charge in [0, 0.05) is 26.2 Å². The zero-order valence-corrected chi connectivity index (χ0v) is 7.82. The van der Waals surface area contributed by atoms with Crippen molar-refractivity contribution < 1.29 is 9.59 Å². The van der Waals surface area contributed by atoms with Crippen molar-refractivity contribution in [3.05, 3.63) is 0 Å². The zero-order valence-electron chi connectivity index (χ0n) is 7.82. The normalized spacial score (nSPS) is 32.0. The van der Waals surface area contributed by atoms with Gasteiger partial charge in [0.15, 0.2) is 0 Å². The Kier molecular flexibility index (Phi) is 2.28. The quantitative estimate of drug-likeness (QED) is 0.459. The molecular weight excluding hydrogens is 184 g/mol. The lowest BCUT2D eigenvalue weighted by molar-refractivity contribution is -0.124. The first-order valence-corrected chi connectivity index (χ1v) is 4.74. The monoisotopic (exact) mass is 198 g/mol. The SMILES string of the molecule is NC(=O)C1CNC(=O)N2CCNCC12. The van der Waals surface area contributed by atoms with Crippen molar-refractivity contribution in [3.8, 4) is 0 Å². The molecule has 6 nitrogen and oxygen atoms in total. The number of amides is 3. The summed E-state index contributed by atoms with van der Waals surface area (Å²) in [6.07, 6.45) is 0. The lowest BCUT2D eigenvalue weighted by Gasteiger charge is -2.43. The number of urea groups is 1. The van der Waals surface area contributed by atoms with Crippen LogP contribution in [0.4, 0.5) is 4.79 Å². The summed E-state index contributed by atoms with van der Waals surface area (Å²) in [4.78, 5) is 24.3. The summed E-state index contributed by atoms with van der Waals surface area (Å²) in [6.45, 7) is 2.42. The Morgan fingerprint density at radius 1 is 1.50 bits per heavy atom. The van der Waals surface area contributed by atoms with Gasteiger partial charge in [-0.05, 0) is 0 Å². The Morgan fingerprint density at radius 3 is 3.00 bits per heavy atom. The third kappa shape index (κ3) is 1.41. The molecule has 4 N–H and O–H groups in total. The van der Waals surface area contributed by atoms with Crippen LogP contribution >= 0.6 is 0 Å². The minimum Gasteiger partial charge on any atom is -0.369 e. The molecular formula is C8H14N4O2. The molecule has 0 aliphatic carbocycles. The number of nitrogens with one attached hydrogen (secondary N) is 2. The molecule has 3 amide bonds. The van der Waals surface area contributed by atoms with Gasteiger partial charge >= 0.3 is 6.03 Å². The second kappa shape index (κ2) is 3.45. The van der Waals surface area contributed by atoms with E-state index >= 15 is 0 Å². The number of piperazine rings is 1. The molecule has 2 aliphatic rings. The van der Waals surface area contributed by atoms with Crippen LogP contribution in [0, 0.1) is 5.92 Å². The van der Waals surface area contributed by atoms with Crippen LogP contribution in [0.15, 0.2) is 0 Å². The highest BCUT2D eigenvalue weighted by Crippen LogP contribution is 2.17. The molecule has 0 saturated carbocycles.